The fourth-order valence-electron chi connectivity index (χ4n) is 1.51. The third-order valence-electron chi connectivity index (χ3n) is 2.36. The lowest BCUT2D eigenvalue weighted by atomic mass is 10.3. The van der Waals surface area contributed by atoms with Crippen molar-refractivity contribution in [2.75, 3.05) is 26.2 Å². The lowest BCUT2D eigenvalue weighted by Gasteiger charge is -2.20. The molecule has 0 amide bonds. The van der Waals surface area contributed by atoms with Crippen LogP contribution in [0.2, 0.25) is 0 Å². The molecule has 0 aromatic rings. The molecule has 4 N–H and O–H groups in total. The van der Waals surface area contributed by atoms with Crippen molar-refractivity contribution in [1.82, 2.24) is 4.90 Å². The van der Waals surface area contributed by atoms with Crippen molar-refractivity contribution in [2.24, 2.45) is 11.5 Å². The summed E-state index contributed by atoms with van der Waals surface area (Å²) in [6.45, 7) is 3.96. The molecule has 0 heterocycles. The zero-order valence-electron chi connectivity index (χ0n) is 7.84. The maximum absolute atomic E-state index is 5.47. The summed E-state index contributed by atoms with van der Waals surface area (Å²) in [6, 6.07) is 0.864. The molecule has 1 aliphatic rings. The molecular formula is C9H21N3. The topological polar surface area (TPSA) is 55.3 Å². The summed E-state index contributed by atoms with van der Waals surface area (Å²) >= 11 is 0. The molecule has 0 aromatic heterocycles. The van der Waals surface area contributed by atoms with E-state index in [9.17, 15) is 0 Å². The van der Waals surface area contributed by atoms with Gasteiger partial charge in [0.1, 0.15) is 0 Å². The van der Waals surface area contributed by atoms with E-state index in [2.05, 4.69) is 4.90 Å². The molecule has 0 unspecified atom stereocenters. The molecule has 12 heavy (non-hydrogen) atoms. The summed E-state index contributed by atoms with van der Waals surface area (Å²) in [5.41, 5.74) is 10.9. The summed E-state index contributed by atoms with van der Waals surface area (Å²) in [4.78, 5) is 2.54. The van der Waals surface area contributed by atoms with E-state index >= 15 is 0 Å². The first-order valence-corrected chi connectivity index (χ1v) is 5.02. The van der Waals surface area contributed by atoms with Crippen LogP contribution < -0.4 is 11.5 Å². The van der Waals surface area contributed by atoms with Crippen molar-refractivity contribution < 1.29 is 0 Å². The summed E-state index contributed by atoms with van der Waals surface area (Å²) in [5.74, 6) is 0. The standard InChI is InChI=1S/C9H21N3/c10-5-1-7-12(8-2-6-11)9-3-4-9/h9H,1-8,10-11H2. The monoisotopic (exact) mass is 171 g/mol. The average molecular weight is 171 g/mol. The maximum atomic E-state index is 5.47. The van der Waals surface area contributed by atoms with Crippen LogP contribution in [0.15, 0.2) is 0 Å². The van der Waals surface area contributed by atoms with Crippen molar-refractivity contribution in [2.45, 2.75) is 31.7 Å². The van der Waals surface area contributed by atoms with Gasteiger partial charge in [-0.25, -0.2) is 0 Å². The van der Waals surface area contributed by atoms with E-state index in [1.807, 2.05) is 0 Å². The van der Waals surface area contributed by atoms with E-state index in [1.54, 1.807) is 0 Å². The Bertz CT molecular complexity index is 104. The van der Waals surface area contributed by atoms with Crippen molar-refractivity contribution in [1.29, 1.82) is 0 Å². The van der Waals surface area contributed by atoms with Crippen LogP contribution in [0.3, 0.4) is 0 Å². The fourth-order valence-corrected chi connectivity index (χ4v) is 1.51. The van der Waals surface area contributed by atoms with Gasteiger partial charge in [-0.2, -0.15) is 0 Å². The van der Waals surface area contributed by atoms with Gasteiger partial charge in [-0.05, 0) is 51.9 Å². The van der Waals surface area contributed by atoms with Gasteiger partial charge in [0, 0.05) is 6.04 Å². The van der Waals surface area contributed by atoms with E-state index in [0.717, 1.165) is 32.0 Å². The average Bonchev–Trinajstić information content (AvgIpc) is 2.88. The van der Waals surface area contributed by atoms with Crippen LogP contribution in [-0.2, 0) is 0 Å². The Hall–Kier alpha value is -0.120. The largest absolute Gasteiger partial charge is 0.330 e. The quantitative estimate of drug-likeness (QED) is 0.573. The van der Waals surface area contributed by atoms with Gasteiger partial charge in [0.25, 0.3) is 0 Å². The van der Waals surface area contributed by atoms with Crippen LogP contribution in [0.4, 0.5) is 0 Å². The highest BCUT2D eigenvalue weighted by molar-refractivity contribution is 4.84. The SMILES string of the molecule is NCCCN(CCCN)C1CC1. The van der Waals surface area contributed by atoms with Crippen LogP contribution in [0.25, 0.3) is 0 Å². The number of nitrogens with two attached hydrogens (primary N) is 2. The van der Waals surface area contributed by atoms with Crippen molar-refractivity contribution in [3.8, 4) is 0 Å². The Balaban J connectivity index is 2.09. The lowest BCUT2D eigenvalue weighted by molar-refractivity contribution is 0.260. The van der Waals surface area contributed by atoms with Crippen LogP contribution in [0.5, 0.6) is 0 Å². The van der Waals surface area contributed by atoms with Gasteiger partial charge >= 0.3 is 0 Å². The highest BCUT2D eigenvalue weighted by Gasteiger charge is 2.27. The van der Waals surface area contributed by atoms with Gasteiger partial charge < -0.3 is 16.4 Å². The first kappa shape index (κ1) is 9.96. The van der Waals surface area contributed by atoms with Gasteiger partial charge in [-0.15, -0.1) is 0 Å². The predicted molar refractivity (Wildman–Crippen MR) is 51.9 cm³/mol. The minimum Gasteiger partial charge on any atom is -0.330 e. The Kier molecular flexibility index (Phi) is 4.58. The van der Waals surface area contributed by atoms with Crippen molar-refractivity contribution in [3.63, 3.8) is 0 Å². The van der Waals surface area contributed by atoms with Crippen LogP contribution in [-0.4, -0.2) is 37.1 Å². The van der Waals surface area contributed by atoms with Crippen LogP contribution in [0.1, 0.15) is 25.7 Å². The van der Waals surface area contributed by atoms with Crippen LogP contribution in [0, 0.1) is 0 Å². The molecule has 3 nitrogen and oxygen atoms in total. The van der Waals surface area contributed by atoms with Gasteiger partial charge in [0.2, 0.25) is 0 Å². The van der Waals surface area contributed by atoms with Gasteiger partial charge in [-0.1, -0.05) is 0 Å². The van der Waals surface area contributed by atoms with E-state index in [4.69, 9.17) is 11.5 Å². The minimum atomic E-state index is 0.811. The first-order chi connectivity index (χ1) is 5.88. The molecule has 1 fully saturated rings. The van der Waals surface area contributed by atoms with E-state index < -0.39 is 0 Å². The second-order valence-corrected chi connectivity index (χ2v) is 3.55. The smallest absolute Gasteiger partial charge is 0.00964 e. The molecule has 3 heteroatoms. The molecule has 0 aromatic carbocycles. The molecule has 0 atom stereocenters. The van der Waals surface area contributed by atoms with E-state index in [1.165, 1.54) is 25.9 Å². The molecule has 1 aliphatic carbocycles. The molecule has 0 bridgehead atoms. The zero-order chi connectivity index (χ0) is 8.81. The number of nitrogens with zero attached hydrogens (tertiary/aromatic N) is 1. The van der Waals surface area contributed by atoms with Gasteiger partial charge in [0.15, 0.2) is 0 Å². The molecular weight excluding hydrogens is 150 g/mol. The Morgan fingerprint density at radius 3 is 1.83 bits per heavy atom. The molecule has 0 aliphatic heterocycles. The summed E-state index contributed by atoms with van der Waals surface area (Å²) in [5, 5.41) is 0. The number of hydrogen-bond donors (Lipinski definition) is 2. The van der Waals surface area contributed by atoms with Gasteiger partial charge in [0.05, 0.1) is 0 Å². The van der Waals surface area contributed by atoms with E-state index in [0.29, 0.717) is 0 Å². The molecule has 72 valence electrons. The molecule has 0 spiro atoms. The number of rotatable bonds is 7. The van der Waals surface area contributed by atoms with Crippen LogP contribution >= 0.6 is 0 Å². The van der Waals surface area contributed by atoms with Gasteiger partial charge in [-0.3, -0.25) is 0 Å². The Labute approximate surface area is 75.1 Å². The summed E-state index contributed by atoms with van der Waals surface area (Å²) < 4.78 is 0. The second-order valence-electron chi connectivity index (χ2n) is 3.55. The minimum absolute atomic E-state index is 0.811. The third-order valence-corrected chi connectivity index (χ3v) is 2.36. The van der Waals surface area contributed by atoms with E-state index in [-0.39, 0.29) is 0 Å². The molecule has 1 rings (SSSR count). The van der Waals surface area contributed by atoms with Crippen molar-refractivity contribution in [3.05, 3.63) is 0 Å². The highest BCUT2D eigenvalue weighted by Crippen LogP contribution is 2.26. The maximum Gasteiger partial charge on any atom is 0.00964 e. The first-order valence-electron chi connectivity index (χ1n) is 5.02. The third kappa shape index (κ3) is 3.52. The molecule has 0 radical (unpaired) electrons. The highest BCUT2D eigenvalue weighted by atomic mass is 15.2. The molecule has 0 saturated heterocycles. The summed E-state index contributed by atoms with van der Waals surface area (Å²) in [7, 11) is 0. The zero-order valence-corrected chi connectivity index (χ0v) is 7.84. The number of hydrogen-bond acceptors (Lipinski definition) is 3. The molecule has 1 saturated carbocycles. The summed E-state index contributed by atoms with van der Waals surface area (Å²) in [6.07, 6.45) is 5.02. The Morgan fingerprint density at radius 1 is 1.00 bits per heavy atom. The fraction of sp³-hybridized carbons (Fsp3) is 1.00. The van der Waals surface area contributed by atoms with Crippen molar-refractivity contribution >= 4 is 0 Å². The normalized spacial score (nSPS) is 17.2. The Morgan fingerprint density at radius 2 is 1.50 bits per heavy atom. The second kappa shape index (κ2) is 5.51. The lowest BCUT2D eigenvalue weighted by Crippen LogP contribution is -2.30. The predicted octanol–water partition coefficient (Wildman–Crippen LogP) is 0.148.